The summed E-state index contributed by atoms with van der Waals surface area (Å²) in [6.45, 7) is 2.58. The second kappa shape index (κ2) is 7.71. The molecular weight excluding hydrogens is 228 g/mol. The molecule has 0 spiro atoms. The summed E-state index contributed by atoms with van der Waals surface area (Å²) in [6, 6.07) is 7.40. The van der Waals surface area contributed by atoms with E-state index >= 15 is 0 Å². The first-order valence-corrected chi connectivity index (χ1v) is 6.40. The summed E-state index contributed by atoms with van der Waals surface area (Å²) in [5, 5.41) is 0. The zero-order valence-corrected chi connectivity index (χ0v) is 10.9. The average molecular weight is 250 g/mol. The van der Waals surface area contributed by atoms with Crippen LogP contribution in [0.5, 0.6) is 5.75 Å². The van der Waals surface area contributed by atoms with Gasteiger partial charge in [0.2, 0.25) is 5.91 Å². The van der Waals surface area contributed by atoms with Crippen molar-refractivity contribution in [3.05, 3.63) is 29.8 Å². The van der Waals surface area contributed by atoms with E-state index in [-0.39, 0.29) is 0 Å². The van der Waals surface area contributed by atoms with Crippen LogP contribution in [0.3, 0.4) is 0 Å². The van der Waals surface area contributed by atoms with E-state index in [0.29, 0.717) is 13.0 Å². The fourth-order valence-corrected chi connectivity index (χ4v) is 1.58. The van der Waals surface area contributed by atoms with Crippen molar-refractivity contribution in [3.8, 4) is 5.75 Å². The smallest absolute Gasteiger partial charge is 0.234 e. The van der Waals surface area contributed by atoms with Crippen LogP contribution < -0.4 is 16.2 Å². The van der Waals surface area contributed by atoms with Gasteiger partial charge in [0.05, 0.1) is 12.6 Å². The van der Waals surface area contributed by atoms with Crippen molar-refractivity contribution in [1.82, 2.24) is 0 Å². The summed E-state index contributed by atoms with van der Waals surface area (Å²) >= 11 is 0. The first-order valence-electron chi connectivity index (χ1n) is 6.40. The first kappa shape index (κ1) is 14.5. The highest BCUT2D eigenvalue weighted by molar-refractivity contribution is 5.79. The minimum Gasteiger partial charge on any atom is -0.494 e. The third-order valence-electron chi connectivity index (χ3n) is 2.81. The predicted molar refractivity (Wildman–Crippen MR) is 72.3 cm³/mol. The molecule has 1 rings (SSSR count). The third-order valence-corrected chi connectivity index (χ3v) is 2.81. The van der Waals surface area contributed by atoms with Crippen molar-refractivity contribution in [3.63, 3.8) is 0 Å². The summed E-state index contributed by atoms with van der Waals surface area (Å²) in [7, 11) is 0. The normalized spacial score (nSPS) is 12.1. The molecule has 0 saturated heterocycles. The van der Waals surface area contributed by atoms with Gasteiger partial charge in [-0.2, -0.15) is 0 Å². The number of carbonyl (C=O) groups is 1. The van der Waals surface area contributed by atoms with Gasteiger partial charge in [-0.05, 0) is 30.5 Å². The first-order chi connectivity index (χ1) is 8.63. The number of primary amides is 1. The van der Waals surface area contributed by atoms with Crippen molar-refractivity contribution < 1.29 is 9.53 Å². The number of amides is 1. The number of hydrogen-bond acceptors (Lipinski definition) is 3. The van der Waals surface area contributed by atoms with Crippen molar-refractivity contribution in [2.45, 2.75) is 38.6 Å². The number of nitrogens with two attached hydrogens (primary N) is 2. The highest BCUT2D eigenvalue weighted by atomic mass is 16.5. The molecule has 1 aromatic rings. The lowest BCUT2D eigenvalue weighted by Crippen LogP contribution is -2.37. The number of rotatable bonds is 8. The second-order valence-electron chi connectivity index (χ2n) is 4.39. The van der Waals surface area contributed by atoms with Gasteiger partial charge in [0.25, 0.3) is 0 Å². The van der Waals surface area contributed by atoms with Crippen LogP contribution in [0.25, 0.3) is 0 Å². The maximum absolute atomic E-state index is 10.7. The maximum atomic E-state index is 10.7. The minimum atomic E-state index is -0.631. The number of aryl methyl sites for hydroxylation is 1. The van der Waals surface area contributed by atoms with Crippen molar-refractivity contribution >= 4 is 5.91 Å². The van der Waals surface area contributed by atoms with Crippen LogP contribution in [0, 0.1) is 0 Å². The molecule has 1 atom stereocenters. The monoisotopic (exact) mass is 250 g/mol. The van der Waals surface area contributed by atoms with Crippen LogP contribution >= 0.6 is 0 Å². The standard InChI is InChI=1S/C14H22N2O2/c1-2-3-4-11-5-7-12(8-6-11)18-10-9-13(15)14(16)17/h5-8,13H,2-4,9-10,15H2,1H3,(H2,16,17). The summed E-state index contributed by atoms with van der Waals surface area (Å²) in [6.07, 6.45) is 3.94. The third kappa shape index (κ3) is 5.19. The molecule has 100 valence electrons. The van der Waals surface area contributed by atoms with Gasteiger partial charge in [0, 0.05) is 6.42 Å². The van der Waals surface area contributed by atoms with E-state index in [0.717, 1.165) is 12.2 Å². The van der Waals surface area contributed by atoms with E-state index < -0.39 is 11.9 Å². The maximum Gasteiger partial charge on any atom is 0.234 e. The van der Waals surface area contributed by atoms with Gasteiger partial charge in [0.1, 0.15) is 5.75 Å². The van der Waals surface area contributed by atoms with Crippen LogP contribution in [0.1, 0.15) is 31.7 Å². The molecule has 0 aromatic heterocycles. The molecule has 0 saturated carbocycles. The number of ether oxygens (including phenoxy) is 1. The van der Waals surface area contributed by atoms with Gasteiger partial charge in [-0.15, -0.1) is 0 Å². The molecule has 0 heterocycles. The molecule has 4 nitrogen and oxygen atoms in total. The summed E-state index contributed by atoms with van der Waals surface area (Å²) in [5.74, 6) is 0.306. The van der Waals surface area contributed by atoms with Gasteiger partial charge < -0.3 is 16.2 Å². The molecule has 0 fully saturated rings. The lowest BCUT2D eigenvalue weighted by molar-refractivity contribution is -0.119. The van der Waals surface area contributed by atoms with Crippen molar-refractivity contribution in [1.29, 1.82) is 0 Å². The Morgan fingerprint density at radius 3 is 2.56 bits per heavy atom. The SMILES string of the molecule is CCCCc1ccc(OCCC(N)C(N)=O)cc1. The molecule has 0 aliphatic carbocycles. The van der Waals surface area contributed by atoms with Crippen molar-refractivity contribution in [2.24, 2.45) is 11.5 Å². The van der Waals surface area contributed by atoms with Crippen LogP contribution in [0.15, 0.2) is 24.3 Å². The zero-order chi connectivity index (χ0) is 13.4. The highest BCUT2D eigenvalue weighted by Crippen LogP contribution is 2.14. The Kier molecular flexibility index (Phi) is 6.22. The molecule has 1 unspecified atom stereocenters. The fourth-order valence-electron chi connectivity index (χ4n) is 1.58. The van der Waals surface area contributed by atoms with Crippen LogP contribution in [-0.2, 0) is 11.2 Å². The molecule has 18 heavy (non-hydrogen) atoms. The van der Waals surface area contributed by atoms with Gasteiger partial charge in [-0.1, -0.05) is 25.5 Å². The number of unbranched alkanes of at least 4 members (excludes halogenated alkanes) is 1. The Hall–Kier alpha value is -1.55. The Bertz CT molecular complexity index is 363. The molecule has 0 radical (unpaired) electrons. The topological polar surface area (TPSA) is 78.3 Å². The summed E-state index contributed by atoms with van der Waals surface area (Å²) < 4.78 is 5.50. The van der Waals surface area contributed by atoms with E-state index in [1.165, 1.54) is 18.4 Å². The predicted octanol–water partition coefficient (Wildman–Crippen LogP) is 1.61. The van der Waals surface area contributed by atoms with E-state index in [1.54, 1.807) is 0 Å². The van der Waals surface area contributed by atoms with E-state index in [4.69, 9.17) is 16.2 Å². The largest absolute Gasteiger partial charge is 0.494 e. The molecule has 1 aromatic carbocycles. The summed E-state index contributed by atoms with van der Waals surface area (Å²) in [4.78, 5) is 10.7. The van der Waals surface area contributed by atoms with Crippen LogP contribution in [0.2, 0.25) is 0 Å². The molecule has 0 bridgehead atoms. The quantitative estimate of drug-likeness (QED) is 0.735. The molecule has 4 heteroatoms. The molecular formula is C14H22N2O2. The van der Waals surface area contributed by atoms with Gasteiger partial charge >= 0.3 is 0 Å². The van der Waals surface area contributed by atoms with E-state index in [2.05, 4.69) is 19.1 Å². The molecule has 0 aliphatic rings. The fraction of sp³-hybridized carbons (Fsp3) is 0.500. The second-order valence-corrected chi connectivity index (χ2v) is 4.39. The van der Waals surface area contributed by atoms with Gasteiger partial charge in [0.15, 0.2) is 0 Å². The molecule has 4 N–H and O–H groups in total. The summed E-state index contributed by atoms with van der Waals surface area (Å²) in [5.41, 5.74) is 11.9. The van der Waals surface area contributed by atoms with Crippen LogP contribution in [0.4, 0.5) is 0 Å². The van der Waals surface area contributed by atoms with Crippen molar-refractivity contribution in [2.75, 3.05) is 6.61 Å². The number of hydrogen-bond donors (Lipinski definition) is 2. The molecule has 0 aliphatic heterocycles. The highest BCUT2D eigenvalue weighted by Gasteiger charge is 2.08. The van der Waals surface area contributed by atoms with Crippen LogP contribution in [-0.4, -0.2) is 18.6 Å². The minimum absolute atomic E-state index is 0.401. The lowest BCUT2D eigenvalue weighted by Gasteiger charge is -2.09. The lowest BCUT2D eigenvalue weighted by atomic mass is 10.1. The average Bonchev–Trinajstić information content (AvgIpc) is 2.37. The zero-order valence-electron chi connectivity index (χ0n) is 10.9. The Balaban J connectivity index is 2.32. The Morgan fingerprint density at radius 1 is 1.33 bits per heavy atom. The van der Waals surface area contributed by atoms with Gasteiger partial charge in [-0.25, -0.2) is 0 Å². The van der Waals surface area contributed by atoms with E-state index in [1.807, 2.05) is 12.1 Å². The Morgan fingerprint density at radius 2 is 2.00 bits per heavy atom. The van der Waals surface area contributed by atoms with Gasteiger partial charge in [-0.3, -0.25) is 4.79 Å². The molecule has 1 amide bonds. The number of benzene rings is 1. The van der Waals surface area contributed by atoms with E-state index in [9.17, 15) is 4.79 Å². The number of carbonyl (C=O) groups excluding carboxylic acids is 1. The Labute approximate surface area is 108 Å².